The molecule has 0 saturated carbocycles. The number of hydrogen-bond acceptors (Lipinski definition) is 5. The maximum atomic E-state index is 5.53. The fraction of sp³-hybridized carbons (Fsp3) is 0.308. The van der Waals surface area contributed by atoms with Gasteiger partial charge in [-0.05, 0) is 18.2 Å². The summed E-state index contributed by atoms with van der Waals surface area (Å²) in [4.78, 5) is 14.8. The van der Waals surface area contributed by atoms with Gasteiger partial charge in [0.25, 0.3) is 0 Å². The molecule has 0 atom stereocenters. The lowest BCUT2D eigenvalue weighted by Gasteiger charge is -2.18. The van der Waals surface area contributed by atoms with E-state index in [2.05, 4.69) is 19.9 Å². The van der Waals surface area contributed by atoms with Crippen LogP contribution in [0, 0.1) is 0 Å². The van der Waals surface area contributed by atoms with Gasteiger partial charge in [-0.3, -0.25) is 4.98 Å². The topological polar surface area (TPSA) is 67.9 Å². The smallest absolute Gasteiger partial charge is 0.144 e. The Morgan fingerprint density at radius 2 is 2.06 bits per heavy atom. The molecule has 0 spiro atoms. The van der Waals surface area contributed by atoms with E-state index >= 15 is 0 Å². The molecule has 2 rings (SSSR count). The van der Waals surface area contributed by atoms with E-state index in [1.54, 1.807) is 6.20 Å². The average molecular weight is 243 g/mol. The highest BCUT2D eigenvalue weighted by Crippen LogP contribution is 2.08. The molecule has 0 unspecified atom stereocenters. The standard InChI is InChI=1S/C13H17N5/c1-18(9-6-11-4-2-3-7-15-11)13-5-8-16-12(10-14)17-13/h2-5,7-8H,6,9-10,14H2,1H3. The van der Waals surface area contributed by atoms with Gasteiger partial charge in [-0.1, -0.05) is 6.07 Å². The molecular formula is C13H17N5. The van der Waals surface area contributed by atoms with Gasteiger partial charge in [-0.25, -0.2) is 9.97 Å². The Hall–Kier alpha value is -2.01. The Kier molecular flexibility index (Phi) is 4.20. The highest BCUT2D eigenvalue weighted by atomic mass is 15.2. The van der Waals surface area contributed by atoms with Crippen molar-refractivity contribution in [2.24, 2.45) is 5.73 Å². The SMILES string of the molecule is CN(CCc1ccccn1)c1ccnc(CN)n1. The minimum atomic E-state index is 0.363. The van der Waals surface area contributed by atoms with Gasteiger partial charge in [0.1, 0.15) is 11.6 Å². The molecule has 0 fully saturated rings. The molecule has 0 radical (unpaired) electrons. The molecule has 2 heterocycles. The average Bonchev–Trinajstić information content (AvgIpc) is 2.46. The third-order valence-corrected chi connectivity index (χ3v) is 2.69. The normalized spacial score (nSPS) is 10.3. The number of nitrogens with zero attached hydrogens (tertiary/aromatic N) is 4. The van der Waals surface area contributed by atoms with E-state index in [1.165, 1.54) is 0 Å². The number of hydrogen-bond donors (Lipinski definition) is 1. The zero-order chi connectivity index (χ0) is 12.8. The van der Waals surface area contributed by atoms with Crippen LogP contribution in [-0.2, 0) is 13.0 Å². The van der Waals surface area contributed by atoms with Gasteiger partial charge in [0, 0.05) is 38.1 Å². The van der Waals surface area contributed by atoms with Crippen LogP contribution in [0.25, 0.3) is 0 Å². The monoisotopic (exact) mass is 243 g/mol. The van der Waals surface area contributed by atoms with Crippen LogP contribution in [-0.4, -0.2) is 28.5 Å². The van der Waals surface area contributed by atoms with Crippen LogP contribution in [0.4, 0.5) is 5.82 Å². The van der Waals surface area contributed by atoms with Gasteiger partial charge in [-0.15, -0.1) is 0 Å². The van der Waals surface area contributed by atoms with Gasteiger partial charge >= 0.3 is 0 Å². The lowest BCUT2D eigenvalue weighted by atomic mass is 10.2. The number of anilines is 1. The van der Waals surface area contributed by atoms with E-state index in [9.17, 15) is 0 Å². The Labute approximate surface area is 107 Å². The maximum absolute atomic E-state index is 5.53. The van der Waals surface area contributed by atoms with E-state index < -0.39 is 0 Å². The first-order valence-corrected chi connectivity index (χ1v) is 5.92. The Bertz CT molecular complexity index is 486. The second kappa shape index (κ2) is 6.07. The van der Waals surface area contributed by atoms with Crippen molar-refractivity contribution in [1.29, 1.82) is 0 Å². The molecule has 0 aliphatic heterocycles. The van der Waals surface area contributed by atoms with E-state index in [4.69, 9.17) is 5.73 Å². The molecule has 0 aliphatic carbocycles. The molecule has 2 N–H and O–H groups in total. The number of rotatable bonds is 5. The van der Waals surface area contributed by atoms with Crippen molar-refractivity contribution in [2.45, 2.75) is 13.0 Å². The van der Waals surface area contributed by atoms with E-state index in [-0.39, 0.29) is 0 Å². The minimum Gasteiger partial charge on any atom is -0.359 e. The lowest BCUT2D eigenvalue weighted by Crippen LogP contribution is -2.22. The van der Waals surface area contributed by atoms with Crippen LogP contribution in [0.2, 0.25) is 0 Å². The van der Waals surface area contributed by atoms with Gasteiger partial charge in [0.15, 0.2) is 0 Å². The van der Waals surface area contributed by atoms with Crippen molar-refractivity contribution >= 4 is 5.82 Å². The van der Waals surface area contributed by atoms with E-state index in [0.717, 1.165) is 24.5 Å². The molecular weight excluding hydrogens is 226 g/mol. The van der Waals surface area contributed by atoms with E-state index in [0.29, 0.717) is 12.4 Å². The molecule has 5 heteroatoms. The predicted octanol–water partition coefficient (Wildman–Crippen LogP) is 1.01. The second-order valence-corrected chi connectivity index (χ2v) is 4.03. The highest BCUT2D eigenvalue weighted by Gasteiger charge is 2.04. The molecule has 18 heavy (non-hydrogen) atoms. The summed E-state index contributed by atoms with van der Waals surface area (Å²) in [5.74, 6) is 1.55. The Balaban J connectivity index is 1.97. The molecule has 0 amide bonds. The molecule has 0 saturated heterocycles. The van der Waals surface area contributed by atoms with Crippen molar-refractivity contribution in [3.8, 4) is 0 Å². The minimum absolute atomic E-state index is 0.363. The van der Waals surface area contributed by atoms with Crippen molar-refractivity contribution in [2.75, 3.05) is 18.5 Å². The molecule has 0 aliphatic rings. The first-order valence-electron chi connectivity index (χ1n) is 5.92. The van der Waals surface area contributed by atoms with Crippen LogP contribution in [0.1, 0.15) is 11.5 Å². The largest absolute Gasteiger partial charge is 0.359 e. The maximum Gasteiger partial charge on any atom is 0.144 e. The molecule has 5 nitrogen and oxygen atoms in total. The van der Waals surface area contributed by atoms with E-state index in [1.807, 2.05) is 37.5 Å². The van der Waals surface area contributed by atoms with Crippen LogP contribution < -0.4 is 10.6 Å². The number of nitrogens with two attached hydrogens (primary N) is 1. The Morgan fingerprint density at radius 3 is 2.78 bits per heavy atom. The summed E-state index contributed by atoms with van der Waals surface area (Å²) in [6.45, 7) is 1.22. The molecule has 0 aromatic carbocycles. The Morgan fingerprint density at radius 1 is 1.17 bits per heavy atom. The van der Waals surface area contributed by atoms with Crippen molar-refractivity contribution in [3.63, 3.8) is 0 Å². The van der Waals surface area contributed by atoms with Gasteiger partial charge < -0.3 is 10.6 Å². The molecule has 2 aromatic heterocycles. The summed E-state index contributed by atoms with van der Waals surface area (Å²) < 4.78 is 0. The van der Waals surface area contributed by atoms with Gasteiger partial charge in [0.2, 0.25) is 0 Å². The van der Waals surface area contributed by atoms with Crippen LogP contribution in [0.15, 0.2) is 36.7 Å². The summed E-state index contributed by atoms with van der Waals surface area (Å²) in [5.41, 5.74) is 6.61. The van der Waals surface area contributed by atoms with Crippen LogP contribution >= 0.6 is 0 Å². The first-order chi connectivity index (χ1) is 8.79. The summed E-state index contributed by atoms with van der Waals surface area (Å²) in [6.07, 6.45) is 4.44. The van der Waals surface area contributed by atoms with Crippen LogP contribution in [0.3, 0.4) is 0 Å². The second-order valence-electron chi connectivity index (χ2n) is 4.03. The number of pyridine rings is 1. The zero-order valence-corrected chi connectivity index (χ0v) is 10.5. The van der Waals surface area contributed by atoms with Gasteiger partial charge in [0.05, 0.1) is 6.54 Å². The highest BCUT2D eigenvalue weighted by molar-refractivity contribution is 5.36. The lowest BCUT2D eigenvalue weighted by molar-refractivity contribution is 0.818. The fourth-order valence-electron chi connectivity index (χ4n) is 1.64. The molecule has 0 bridgehead atoms. The fourth-order valence-corrected chi connectivity index (χ4v) is 1.64. The zero-order valence-electron chi connectivity index (χ0n) is 10.5. The molecule has 2 aromatic rings. The summed E-state index contributed by atoms with van der Waals surface area (Å²) >= 11 is 0. The number of likely N-dealkylation sites (N-methyl/N-ethyl adjacent to an activating group) is 1. The van der Waals surface area contributed by atoms with Crippen molar-refractivity contribution < 1.29 is 0 Å². The van der Waals surface area contributed by atoms with Crippen molar-refractivity contribution in [3.05, 3.63) is 48.2 Å². The third-order valence-electron chi connectivity index (χ3n) is 2.69. The summed E-state index contributed by atoms with van der Waals surface area (Å²) in [7, 11) is 2.01. The summed E-state index contributed by atoms with van der Waals surface area (Å²) in [5, 5.41) is 0. The van der Waals surface area contributed by atoms with Crippen LogP contribution in [0.5, 0.6) is 0 Å². The molecule has 94 valence electrons. The first kappa shape index (κ1) is 12.4. The van der Waals surface area contributed by atoms with Crippen molar-refractivity contribution in [1.82, 2.24) is 15.0 Å². The summed E-state index contributed by atoms with van der Waals surface area (Å²) in [6, 6.07) is 7.83. The quantitative estimate of drug-likeness (QED) is 0.848. The van der Waals surface area contributed by atoms with Gasteiger partial charge in [-0.2, -0.15) is 0 Å². The number of aromatic nitrogens is 3. The predicted molar refractivity (Wildman–Crippen MR) is 71.1 cm³/mol. The third kappa shape index (κ3) is 3.24.